The predicted molar refractivity (Wildman–Crippen MR) is 121 cm³/mol. The lowest BCUT2D eigenvalue weighted by molar-refractivity contribution is -0.386. The number of piperazine rings is 1. The van der Waals surface area contributed by atoms with Gasteiger partial charge in [0, 0.05) is 38.4 Å². The van der Waals surface area contributed by atoms with E-state index in [1.807, 2.05) is 4.90 Å². The van der Waals surface area contributed by atoms with Crippen molar-refractivity contribution in [3.8, 4) is 17.2 Å². The first-order valence-corrected chi connectivity index (χ1v) is 10.5. The van der Waals surface area contributed by atoms with Crippen LogP contribution in [0.2, 0.25) is 0 Å². The molecule has 1 aromatic heterocycles. The van der Waals surface area contributed by atoms with E-state index in [1.165, 1.54) is 38.5 Å². The standard InChI is InChI=1S/C22H26N4O8/c1-5-34-22(28)14-6-7-17(23-13-14)24-8-10-25(11-9-24)21(27)15-12-16(31-2)19(32-3)20(33-4)18(15)26(29)30/h6-7,12-13H,5,8-11H2,1-4H3. The number of anilines is 1. The number of ether oxygens (including phenoxy) is 4. The highest BCUT2D eigenvalue weighted by Crippen LogP contribution is 2.46. The largest absolute Gasteiger partial charge is 0.493 e. The van der Waals surface area contributed by atoms with Gasteiger partial charge in [0.2, 0.25) is 11.5 Å². The first-order valence-electron chi connectivity index (χ1n) is 10.5. The molecule has 0 aliphatic carbocycles. The van der Waals surface area contributed by atoms with Gasteiger partial charge in [0.15, 0.2) is 5.75 Å². The molecule has 0 radical (unpaired) electrons. The number of aromatic nitrogens is 1. The fourth-order valence-electron chi connectivity index (χ4n) is 3.70. The molecular formula is C22H26N4O8. The Morgan fingerprint density at radius 2 is 1.74 bits per heavy atom. The van der Waals surface area contributed by atoms with E-state index in [0.29, 0.717) is 37.6 Å². The maximum absolute atomic E-state index is 13.3. The molecule has 1 aliphatic rings. The van der Waals surface area contributed by atoms with E-state index < -0.39 is 22.5 Å². The summed E-state index contributed by atoms with van der Waals surface area (Å²) in [6, 6.07) is 4.65. The van der Waals surface area contributed by atoms with Crippen LogP contribution in [0.1, 0.15) is 27.6 Å². The summed E-state index contributed by atoms with van der Waals surface area (Å²) in [7, 11) is 3.96. The summed E-state index contributed by atoms with van der Waals surface area (Å²) in [5.74, 6) is -0.299. The zero-order valence-electron chi connectivity index (χ0n) is 19.4. The lowest BCUT2D eigenvalue weighted by atomic mass is 10.1. The molecule has 2 heterocycles. The monoisotopic (exact) mass is 474 g/mol. The smallest absolute Gasteiger partial charge is 0.339 e. The number of methoxy groups -OCH3 is 3. The summed E-state index contributed by atoms with van der Waals surface area (Å²) in [6.07, 6.45) is 1.45. The van der Waals surface area contributed by atoms with E-state index in [1.54, 1.807) is 19.1 Å². The van der Waals surface area contributed by atoms with Crippen LogP contribution in [0.15, 0.2) is 24.4 Å². The van der Waals surface area contributed by atoms with Gasteiger partial charge in [0.05, 0.1) is 38.4 Å². The van der Waals surface area contributed by atoms with Crippen molar-refractivity contribution in [1.82, 2.24) is 9.88 Å². The van der Waals surface area contributed by atoms with Crippen LogP contribution in [-0.4, -0.2) is 80.8 Å². The van der Waals surface area contributed by atoms with Gasteiger partial charge in [-0.25, -0.2) is 9.78 Å². The average molecular weight is 474 g/mol. The van der Waals surface area contributed by atoms with Gasteiger partial charge < -0.3 is 28.7 Å². The molecule has 1 fully saturated rings. The van der Waals surface area contributed by atoms with Crippen molar-refractivity contribution in [3.05, 3.63) is 45.6 Å². The van der Waals surface area contributed by atoms with Crippen LogP contribution in [0, 0.1) is 10.1 Å². The Morgan fingerprint density at radius 1 is 1.06 bits per heavy atom. The van der Waals surface area contributed by atoms with Crippen LogP contribution in [0.25, 0.3) is 0 Å². The van der Waals surface area contributed by atoms with Gasteiger partial charge in [-0.1, -0.05) is 0 Å². The van der Waals surface area contributed by atoms with Crippen LogP contribution in [0.4, 0.5) is 11.5 Å². The highest BCUT2D eigenvalue weighted by atomic mass is 16.6. The quantitative estimate of drug-likeness (QED) is 0.318. The number of nitrogens with zero attached hydrogens (tertiary/aromatic N) is 4. The molecule has 0 saturated carbocycles. The van der Waals surface area contributed by atoms with Crippen molar-refractivity contribution in [2.75, 3.05) is 59.0 Å². The number of esters is 1. The van der Waals surface area contributed by atoms with Crippen molar-refractivity contribution in [1.29, 1.82) is 0 Å². The number of benzene rings is 1. The van der Waals surface area contributed by atoms with E-state index in [0.717, 1.165) is 0 Å². The van der Waals surface area contributed by atoms with Crippen LogP contribution < -0.4 is 19.1 Å². The predicted octanol–water partition coefficient (Wildman–Crippen LogP) is 2.15. The second-order valence-corrected chi connectivity index (χ2v) is 7.20. The highest BCUT2D eigenvalue weighted by Gasteiger charge is 2.35. The van der Waals surface area contributed by atoms with Crippen molar-refractivity contribution >= 4 is 23.4 Å². The van der Waals surface area contributed by atoms with Crippen molar-refractivity contribution in [3.63, 3.8) is 0 Å². The maximum atomic E-state index is 13.3. The number of pyridine rings is 1. The molecule has 182 valence electrons. The van der Waals surface area contributed by atoms with Gasteiger partial charge in [0.25, 0.3) is 5.91 Å². The first-order chi connectivity index (χ1) is 16.4. The van der Waals surface area contributed by atoms with Gasteiger partial charge >= 0.3 is 11.7 Å². The fourth-order valence-corrected chi connectivity index (χ4v) is 3.70. The number of nitro benzene ring substituents is 1. The summed E-state index contributed by atoms with van der Waals surface area (Å²) in [6.45, 7) is 3.54. The molecule has 2 aromatic rings. The Hall–Kier alpha value is -4.09. The Balaban J connectivity index is 1.79. The summed E-state index contributed by atoms with van der Waals surface area (Å²) < 4.78 is 20.6. The molecule has 0 N–H and O–H groups in total. The van der Waals surface area contributed by atoms with Crippen LogP contribution in [0.3, 0.4) is 0 Å². The number of rotatable bonds is 8. The molecular weight excluding hydrogens is 448 g/mol. The van der Waals surface area contributed by atoms with E-state index in [-0.39, 0.29) is 29.4 Å². The van der Waals surface area contributed by atoms with Crippen molar-refractivity contribution in [2.45, 2.75) is 6.92 Å². The lowest BCUT2D eigenvalue weighted by Crippen LogP contribution is -2.49. The lowest BCUT2D eigenvalue weighted by Gasteiger charge is -2.35. The van der Waals surface area contributed by atoms with E-state index in [2.05, 4.69) is 4.98 Å². The number of carbonyl (C=O) groups excluding carboxylic acids is 2. The fraction of sp³-hybridized carbons (Fsp3) is 0.409. The van der Waals surface area contributed by atoms with E-state index >= 15 is 0 Å². The van der Waals surface area contributed by atoms with Crippen LogP contribution in [-0.2, 0) is 4.74 Å². The topological polar surface area (TPSA) is 134 Å². The molecule has 0 spiro atoms. The molecule has 1 aromatic carbocycles. The Labute approximate surface area is 196 Å². The molecule has 0 bridgehead atoms. The Morgan fingerprint density at radius 3 is 2.24 bits per heavy atom. The van der Waals surface area contributed by atoms with Gasteiger partial charge in [-0.05, 0) is 19.1 Å². The Kier molecular flexibility index (Phi) is 7.71. The molecule has 3 rings (SSSR count). The van der Waals surface area contributed by atoms with Gasteiger partial charge in [0.1, 0.15) is 11.4 Å². The third-order valence-electron chi connectivity index (χ3n) is 5.37. The summed E-state index contributed by atoms with van der Waals surface area (Å²) in [5.41, 5.74) is -0.275. The summed E-state index contributed by atoms with van der Waals surface area (Å²) >= 11 is 0. The highest BCUT2D eigenvalue weighted by molar-refractivity contribution is 6.00. The minimum absolute atomic E-state index is 0.0374. The minimum Gasteiger partial charge on any atom is -0.493 e. The van der Waals surface area contributed by atoms with Gasteiger partial charge in [-0.15, -0.1) is 0 Å². The number of carbonyl (C=O) groups is 2. The van der Waals surface area contributed by atoms with Gasteiger partial charge in [-0.3, -0.25) is 14.9 Å². The first kappa shape index (κ1) is 24.6. The number of hydrogen-bond acceptors (Lipinski definition) is 10. The molecule has 0 unspecified atom stereocenters. The molecule has 1 saturated heterocycles. The molecule has 34 heavy (non-hydrogen) atoms. The minimum atomic E-state index is -0.667. The van der Waals surface area contributed by atoms with Crippen LogP contribution >= 0.6 is 0 Å². The van der Waals surface area contributed by atoms with Crippen molar-refractivity contribution < 1.29 is 33.5 Å². The summed E-state index contributed by atoms with van der Waals surface area (Å²) in [5, 5.41) is 11.8. The second-order valence-electron chi connectivity index (χ2n) is 7.20. The summed E-state index contributed by atoms with van der Waals surface area (Å²) in [4.78, 5) is 44.0. The third kappa shape index (κ3) is 4.80. The third-order valence-corrected chi connectivity index (χ3v) is 5.37. The van der Waals surface area contributed by atoms with E-state index in [9.17, 15) is 19.7 Å². The maximum Gasteiger partial charge on any atom is 0.339 e. The molecule has 0 atom stereocenters. The van der Waals surface area contributed by atoms with Crippen molar-refractivity contribution in [2.24, 2.45) is 0 Å². The van der Waals surface area contributed by atoms with Gasteiger partial charge in [-0.2, -0.15) is 0 Å². The number of nitro groups is 1. The average Bonchev–Trinajstić information content (AvgIpc) is 2.87. The molecule has 1 amide bonds. The zero-order valence-corrected chi connectivity index (χ0v) is 19.4. The zero-order chi connectivity index (χ0) is 24.8. The van der Waals surface area contributed by atoms with E-state index in [4.69, 9.17) is 18.9 Å². The second kappa shape index (κ2) is 10.7. The normalized spacial score (nSPS) is 13.3. The number of hydrogen-bond donors (Lipinski definition) is 0. The molecule has 12 heteroatoms. The molecule has 12 nitrogen and oxygen atoms in total. The van der Waals surface area contributed by atoms with Crippen LogP contribution in [0.5, 0.6) is 17.2 Å². The molecule has 1 aliphatic heterocycles. The number of amides is 1. The SMILES string of the molecule is CCOC(=O)c1ccc(N2CCN(C(=O)c3cc(OC)c(OC)c(OC)c3[N+](=O)[O-])CC2)nc1. The Bertz CT molecular complexity index is 1070.